The highest BCUT2D eigenvalue weighted by Crippen LogP contribution is 2.35. The Labute approximate surface area is 107 Å². The third-order valence-corrected chi connectivity index (χ3v) is 2.43. The molecule has 2 rings (SSSR count). The van der Waals surface area contributed by atoms with Crippen molar-refractivity contribution >= 4 is 11.4 Å². The molecule has 2 aromatic carbocycles. The molecule has 0 unspecified atom stereocenters. The Morgan fingerprint density at radius 2 is 1.58 bits per heavy atom. The van der Waals surface area contributed by atoms with Gasteiger partial charge in [-0.05, 0) is 35.9 Å². The van der Waals surface area contributed by atoms with E-state index < -0.39 is 6.36 Å². The number of anilines is 2. The number of hydrogen-bond donors (Lipinski definition) is 2. The second-order valence-electron chi connectivity index (χ2n) is 3.93. The molecular formula is C13H11F3N2O. The van der Waals surface area contributed by atoms with E-state index in [9.17, 15) is 13.2 Å². The number of ether oxygens (including phenoxy) is 1. The molecule has 0 bridgehead atoms. The quantitative estimate of drug-likeness (QED) is 0.820. The van der Waals surface area contributed by atoms with Crippen LogP contribution in [0.5, 0.6) is 5.75 Å². The van der Waals surface area contributed by atoms with Crippen LogP contribution in [0.2, 0.25) is 0 Å². The van der Waals surface area contributed by atoms with Gasteiger partial charge in [0.15, 0.2) is 0 Å². The van der Waals surface area contributed by atoms with Gasteiger partial charge in [0.1, 0.15) is 5.75 Å². The number of nitrogen functional groups attached to an aromatic ring is 2. The van der Waals surface area contributed by atoms with Gasteiger partial charge in [-0.1, -0.05) is 12.1 Å². The summed E-state index contributed by atoms with van der Waals surface area (Å²) in [6, 6.07) is 10.4. The smallest absolute Gasteiger partial charge is 0.405 e. The van der Waals surface area contributed by atoms with Crippen LogP contribution in [0.25, 0.3) is 11.1 Å². The van der Waals surface area contributed by atoms with Crippen molar-refractivity contribution in [3.8, 4) is 16.9 Å². The zero-order chi connectivity index (χ0) is 14.0. The summed E-state index contributed by atoms with van der Waals surface area (Å²) in [5.74, 6) is -0.313. The minimum atomic E-state index is -4.76. The first-order valence-electron chi connectivity index (χ1n) is 5.36. The third-order valence-electron chi connectivity index (χ3n) is 2.43. The maximum Gasteiger partial charge on any atom is 0.573 e. The van der Waals surface area contributed by atoms with Gasteiger partial charge in [-0.2, -0.15) is 0 Å². The Morgan fingerprint density at radius 3 is 2.21 bits per heavy atom. The Kier molecular flexibility index (Phi) is 3.25. The number of hydrogen-bond acceptors (Lipinski definition) is 3. The second-order valence-corrected chi connectivity index (χ2v) is 3.93. The Balaban J connectivity index is 2.51. The van der Waals surface area contributed by atoms with Crippen LogP contribution in [0.3, 0.4) is 0 Å². The molecule has 0 amide bonds. The van der Waals surface area contributed by atoms with E-state index >= 15 is 0 Å². The summed E-state index contributed by atoms with van der Waals surface area (Å²) in [5, 5.41) is 0. The van der Waals surface area contributed by atoms with Crippen LogP contribution < -0.4 is 16.2 Å². The van der Waals surface area contributed by atoms with E-state index in [1.807, 2.05) is 0 Å². The highest BCUT2D eigenvalue weighted by molar-refractivity contribution is 5.75. The SMILES string of the molecule is Nc1cccc(-c2cc(N)ccc2OC(F)(F)F)c1. The molecule has 0 heterocycles. The van der Waals surface area contributed by atoms with Gasteiger partial charge in [0.2, 0.25) is 0 Å². The van der Waals surface area contributed by atoms with Crippen molar-refractivity contribution in [1.82, 2.24) is 0 Å². The molecule has 6 heteroatoms. The van der Waals surface area contributed by atoms with Crippen molar-refractivity contribution in [3.05, 3.63) is 42.5 Å². The molecule has 3 nitrogen and oxygen atoms in total. The van der Waals surface area contributed by atoms with Crippen molar-refractivity contribution in [2.24, 2.45) is 0 Å². The molecule has 0 radical (unpaired) electrons. The highest BCUT2D eigenvalue weighted by Gasteiger charge is 2.32. The van der Waals surface area contributed by atoms with Gasteiger partial charge >= 0.3 is 6.36 Å². The zero-order valence-corrected chi connectivity index (χ0v) is 9.74. The maximum atomic E-state index is 12.3. The van der Waals surface area contributed by atoms with Crippen LogP contribution in [-0.4, -0.2) is 6.36 Å². The molecular weight excluding hydrogens is 257 g/mol. The van der Waals surface area contributed by atoms with Gasteiger partial charge in [-0.3, -0.25) is 0 Å². The summed E-state index contributed by atoms with van der Waals surface area (Å²) in [4.78, 5) is 0. The maximum absolute atomic E-state index is 12.3. The third kappa shape index (κ3) is 3.31. The average Bonchev–Trinajstić information content (AvgIpc) is 2.30. The fourth-order valence-corrected chi connectivity index (χ4v) is 1.69. The van der Waals surface area contributed by atoms with Crippen molar-refractivity contribution < 1.29 is 17.9 Å². The van der Waals surface area contributed by atoms with Crippen LogP contribution in [-0.2, 0) is 0 Å². The highest BCUT2D eigenvalue weighted by atomic mass is 19.4. The van der Waals surface area contributed by atoms with Gasteiger partial charge in [-0.25, -0.2) is 0 Å². The van der Waals surface area contributed by atoms with Crippen LogP contribution in [0.15, 0.2) is 42.5 Å². The van der Waals surface area contributed by atoms with Crippen molar-refractivity contribution in [2.45, 2.75) is 6.36 Å². The van der Waals surface area contributed by atoms with E-state index in [0.29, 0.717) is 16.9 Å². The van der Waals surface area contributed by atoms with Crippen LogP contribution >= 0.6 is 0 Å². The first-order chi connectivity index (χ1) is 8.85. The lowest BCUT2D eigenvalue weighted by Crippen LogP contribution is -2.17. The predicted octanol–water partition coefficient (Wildman–Crippen LogP) is 3.42. The molecule has 0 atom stereocenters. The van der Waals surface area contributed by atoms with Crippen LogP contribution in [0.4, 0.5) is 24.5 Å². The summed E-state index contributed by atoms with van der Waals surface area (Å²) in [7, 11) is 0. The van der Waals surface area contributed by atoms with E-state index in [1.54, 1.807) is 24.3 Å². The lowest BCUT2D eigenvalue weighted by atomic mass is 10.0. The van der Waals surface area contributed by atoms with Crippen molar-refractivity contribution in [2.75, 3.05) is 11.5 Å². The first-order valence-corrected chi connectivity index (χ1v) is 5.36. The Bertz CT molecular complexity index is 597. The molecule has 2 aromatic rings. The normalized spacial score (nSPS) is 11.3. The standard InChI is InChI=1S/C13H11F3N2O/c14-13(15,16)19-12-5-4-10(18)7-11(12)8-2-1-3-9(17)6-8/h1-7H,17-18H2. The van der Waals surface area contributed by atoms with Crippen LogP contribution in [0, 0.1) is 0 Å². The Hall–Kier alpha value is -2.37. The zero-order valence-electron chi connectivity index (χ0n) is 9.74. The van der Waals surface area contributed by atoms with E-state index in [4.69, 9.17) is 11.5 Å². The first kappa shape index (κ1) is 13.1. The minimum absolute atomic E-state index is 0.240. The Morgan fingerprint density at radius 1 is 0.895 bits per heavy atom. The molecule has 0 aliphatic carbocycles. The van der Waals surface area contributed by atoms with E-state index in [0.717, 1.165) is 0 Å². The van der Waals surface area contributed by atoms with Gasteiger partial charge in [0.25, 0.3) is 0 Å². The fourth-order valence-electron chi connectivity index (χ4n) is 1.69. The van der Waals surface area contributed by atoms with Gasteiger partial charge < -0.3 is 16.2 Å². The second kappa shape index (κ2) is 4.72. The molecule has 0 fully saturated rings. The predicted molar refractivity (Wildman–Crippen MR) is 67.4 cm³/mol. The lowest BCUT2D eigenvalue weighted by Gasteiger charge is -2.14. The summed E-state index contributed by atoms with van der Waals surface area (Å²) in [6.45, 7) is 0. The molecule has 4 N–H and O–H groups in total. The minimum Gasteiger partial charge on any atom is -0.405 e. The summed E-state index contributed by atoms with van der Waals surface area (Å²) >= 11 is 0. The van der Waals surface area contributed by atoms with Gasteiger partial charge in [0, 0.05) is 16.9 Å². The molecule has 19 heavy (non-hydrogen) atoms. The van der Waals surface area contributed by atoms with Crippen molar-refractivity contribution in [3.63, 3.8) is 0 Å². The van der Waals surface area contributed by atoms with Gasteiger partial charge in [-0.15, -0.1) is 13.2 Å². The molecule has 0 saturated heterocycles. The lowest BCUT2D eigenvalue weighted by molar-refractivity contribution is -0.274. The van der Waals surface area contributed by atoms with E-state index in [2.05, 4.69) is 4.74 Å². The number of halogens is 3. The summed E-state index contributed by atoms with van der Waals surface area (Å²) in [5.41, 5.74) is 12.7. The number of benzene rings is 2. The molecule has 0 spiro atoms. The average molecular weight is 268 g/mol. The molecule has 0 aliphatic heterocycles. The number of rotatable bonds is 2. The topological polar surface area (TPSA) is 61.3 Å². The summed E-state index contributed by atoms with van der Waals surface area (Å²) in [6.07, 6.45) is -4.76. The van der Waals surface area contributed by atoms with Gasteiger partial charge in [0.05, 0.1) is 0 Å². The summed E-state index contributed by atoms with van der Waals surface area (Å²) < 4.78 is 41.0. The molecule has 0 saturated carbocycles. The van der Waals surface area contributed by atoms with E-state index in [1.165, 1.54) is 18.2 Å². The van der Waals surface area contributed by atoms with Crippen LogP contribution in [0.1, 0.15) is 0 Å². The molecule has 0 aliphatic rings. The monoisotopic (exact) mass is 268 g/mol. The van der Waals surface area contributed by atoms with E-state index in [-0.39, 0.29) is 11.3 Å². The number of alkyl halides is 3. The fraction of sp³-hybridized carbons (Fsp3) is 0.0769. The largest absolute Gasteiger partial charge is 0.573 e. The van der Waals surface area contributed by atoms with Crippen molar-refractivity contribution in [1.29, 1.82) is 0 Å². The number of nitrogens with two attached hydrogens (primary N) is 2. The molecule has 100 valence electrons. The molecule has 0 aromatic heterocycles.